The zero-order chi connectivity index (χ0) is 14.5. The minimum Gasteiger partial charge on any atom is -0.478 e. The van der Waals surface area contributed by atoms with Crippen LogP contribution in [0.5, 0.6) is 0 Å². The largest absolute Gasteiger partial charge is 0.478 e. The predicted molar refractivity (Wildman–Crippen MR) is 80.0 cm³/mol. The third-order valence-corrected chi connectivity index (χ3v) is 3.45. The average molecular weight is 290 g/mol. The van der Waals surface area contributed by atoms with Gasteiger partial charge < -0.3 is 5.11 Å². The molecule has 104 valence electrons. The van der Waals surface area contributed by atoms with Crippen LogP contribution in [0.2, 0.25) is 5.02 Å². The maximum Gasteiger partial charge on any atom is 0.336 e. The van der Waals surface area contributed by atoms with E-state index in [4.69, 9.17) is 11.6 Å². The van der Waals surface area contributed by atoms with Gasteiger partial charge >= 0.3 is 5.97 Å². The fraction of sp³-hybridized carbons (Fsp3) is 0.188. The van der Waals surface area contributed by atoms with Gasteiger partial charge in [0.1, 0.15) is 0 Å². The summed E-state index contributed by atoms with van der Waals surface area (Å²) in [5.41, 5.74) is 2.18. The second-order valence-corrected chi connectivity index (χ2v) is 5.13. The Bertz CT molecular complexity index is 613. The van der Waals surface area contributed by atoms with E-state index in [9.17, 15) is 9.90 Å². The first-order chi connectivity index (χ1) is 9.58. The molecule has 0 amide bonds. The molecule has 0 fully saturated rings. The molecule has 0 aliphatic carbocycles. The van der Waals surface area contributed by atoms with E-state index >= 15 is 0 Å². The topological polar surface area (TPSA) is 40.5 Å². The Morgan fingerprint density at radius 3 is 2.25 bits per heavy atom. The molecule has 1 N–H and O–H groups in total. The van der Waals surface area contributed by atoms with Crippen LogP contribution in [0.1, 0.15) is 21.5 Å². The molecule has 0 radical (unpaired) electrons. The Hall–Kier alpha value is -1.84. The van der Waals surface area contributed by atoms with Gasteiger partial charge in [0.25, 0.3) is 0 Å². The van der Waals surface area contributed by atoms with Gasteiger partial charge in [0, 0.05) is 18.1 Å². The van der Waals surface area contributed by atoms with Crippen molar-refractivity contribution in [1.82, 2.24) is 4.90 Å². The molecule has 0 aliphatic heterocycles. The maximum absolute atomic E-state index is 11.2. The highest BCUT2D eigenvalue weighted by Gasteiger charge is 2.11. The molecule has 20 heavy (non-hydrogen) atoms. The van der Waals surface area contributed by atoms with Crippen molar-refractivity contribution in [3.8, 4) is 0 Å². The van der Waals surface area contributed by atoms with Crippen molar-refractivity contribution in [1.29, 1.82) is 0 Å². The summed E-state index contributed by atoms with van der Waals surface area (Å²) in [6, 6.07) is 14.7. The van der Waals surface area contributed by atoms with Gasteiger partial charge in [-0.15, -0.1) is 0 Å². The standard InChI is InChI=1S/C16H16ClNO2/c1-18(11-13-7-3-5-9-15(13)17)10-12-6-2-4-8-14(12)16(19)20/h2-9H,10-11H2,1H3,(H,19,20). The van der Waals surface area contributed by atoms with Crippen LogP contribution in [-0.2, 0) is 13.1 Å². The van der Waals surface area contributed by atoms with Crippen molar-refractivity contribution in [2.75, 3.05) is 7.05 Å². The zero-order valence-electron chi connectivity index (χ0n) is 11.2. The van der Waals surface area contributed by atoms with Gasteiger partial charge in [0.05, 0.1) is 5.56 Å². The summed E-state index contributed by atoms with van der Waals surface area (Å²) in [7, 11) is 1.95. The molecule has 3 nitrogen and oxygen atoms in total. The highest BCUT2D eigenvalue weighted by molar-refractivity contribution is 6.31. The average Bonchev–Trinajstić information content (AvgIpc) is 2.41. The Labute approximate surface area is 123 Å². The molecule has 0 aliphatic rings. The van der Waals surface area contributed by atoms with Crippen LogP contribution in [0, 0.1) is 0 Å². The summed E-state index contributed by atoms with van der Waals surface area (Å²) >= 11 is 6.13. The molecule has 0 heterocycles. The molecule has 0 bridgehead atoms. The Morgan fingerprint density at radius 2 is 1.60 bits per heavy atom. The second kappa shape index (κ2) is 6.55. The number of hydrogen-bond donors (Lipinski definition) is 1. The van der Waals surface area contributed by atoms with Crippen LogP contribution in [0.25, 0.3) is 0 Å². The number of aromatic carboxylic acids is 1. The minimum atomic E-state index is -0.897. The first kappa shape index (κ1) is 14.6. The quantitative estimate of drug-likeness (QED) is 0.913. The monoisotopic (exact) mass is 289 g/mol. The lowest BCUT2D eigenvalue weighted by Gasteiger charge is -2.18. The summed E-state index contributed by atoms with van der Waals surface area (Å²) in [4.78, 5) is 13.2. The van der Waals surface area contributed by atoms with Crippen LogP contribution < -0.4 is 0 Å². The molecule has 2 aromatic rings. The van der Waals surface area contributed by atoms with Crippen molar-refractivity contribution in [3.05, 3.63) is 70.2 Å². The van der Waals surface area contributed by atoms with E-state index in [0.717, 1.165) is 16.1 Å². The molecule has 0 aromatic heterocycles. The van der Waals surface area contributed by atoms with Crippen molar-refractivity contribution in [2.45, 2.75) is 13.1 Å². The summed E-state index contributed by atoms with van der Waals surface area (Å²) in [5.74, 6) is -0.897. The molecule has 0 saturated heterocycles. The van der Waals surface area contributed by atoms with Gasteiger partial charge in [-0.25, -0.2) is 4.79 Å². The Balaban J connectivity index is 2.11. The first-order valence-corrected chi connectivity index (χ1v) is 6.69. The molecule has 0 atom stereocenters. The van der Waals surface area contributed by atoms with Crippen LogP contribution in [0.3, 0.4) is 0 Å². The summed E-state index contributed by atoms with van der Waals surface area (Å²) in [5, 5.41) is 9.90. The van der Waals surface area contributed by atoms with Crippen molar-refractivity contribution < 1.29 is 9.90 Å². The fourth-order valence-corrected chi connectivity index (χ4v) is 2.33. The van der Waals surface area contributed by atoms with Gasteiger partial charge in [0.15, 0.2) is 0 Å². The highest BCUT2D eigenvalue weighted by Crippen LogP contribution is 2.18. The van der Waals surface area contributed by atoms with Gasteiger partial charge in [0.2, 0.25) is 0 Å². The Kier molecular flexibility index (Phi) is 4.77. The summed E-state index contributed by atoms with van der Waals surface area (Å²) in [6.07, 6.45) is 0. The lowest BCUT2D eigenvalue weighted by atomic mass is 10.1. The summed E-state index contributed by atoms with van der Waals surface area (Å²) < 4.78 is 0. The van der Waals surface area contributed by atoms with Crippen molar-refractivity contribution >= 4 is 17.6 Å². The van der Waals surface area contributed by atoms with Crippen LogP contribution in [0.4, 0.5) is 0 Å². The number of hydrogen-bond acceptors (Lipinski definition) is 2. The first-order valence-electron chi connectivity index (χ1n) is 6.31. The third-order valence-electron chi connectivity index (χ3n) is 3.09. The normalized spacial score (nSPS) is 10.8. The van der Waals surface area contributed by atoms with Crippen LogP contribution in [-0.4, -0.2) is 23.0 Å². The lowest BCUT2D eigenvalue weighted by Crippen LogP contribution is -2.19. The molecular formula is C16H16ClNO2. The van der Waals surface area contributed by atoms with Gasteiger partial charge in [-0.1, -0.05) is 48.0 Å². The number of carboxylic acid groups (broad SMARTS) is 1. The van der Waals surface area contributed by atoms with Gasteiger partial charge in [-0.05, 0) is 30.3 Å². The molecule has 0 spiro atoms. The van der Waals surface area contributed by atoms with Crippen molar-refractivity contribution in [3.63, 3.8) is 0 Å². The molecular weight excluding hydrogens is 274 g/mol. The van der Waals surface area contributed by atoms with E-state index in [2.05, 4.69) is 0 Å². The predicted octanol–water partition coefficient (Wildman–Crippen LogP) is 3.67. The maximum atomic E-state index is 11.2. The molecule has 0 unspecified atom stereocenters. The molecule has 2 aromatic carbocycles. The fourth-order valence-electron chi connectivity index (χ4n) is 2.13. The number of rotatable bonds is 5. The van der Waals surface area contributed by atoms with Crippen molar-refractivity contribution in [2.24, 2.45) is 0 Å². The number of carbonyl (C=O) groups is 1. The number of carboxylic acids is 1. The van der Waals surface area contributed by atoms with E-state index in [1.807, 2.05) is 48.3 Å². The van der Waals surface area contributed by atoms with Crippen LogP contribution >= 0.6 is 11.6 Å². The van der Waals surface area contributed by atoms with E-state index in [1.54, 1.807) is 12.1 Å². The van der Waals surface area contributed by atoms with E-state index in [-0.39, 0.29) is 0 Å². The number of benzene rings is 2. The highest BCUT2D eigenvalue weighted by atomic mass is 35.5. The Morgan fingerprint density at radius 1 is 1.05 bits per heavy atom. The van der Waals surface area contributed by atoms with E-state index < -0.39 is 5.97 Å². The minimum absolute atomic E-state index is 0.346. The van der Waals surface area contributed by atoms with E-state index in [1.165, 1.54) is 0 Å². The number of nitrogens with zero attached hydrogens (tertiary/aromatic N) is 1. The number of halogens is 1. The zero-order valence-corrected chi connectivity index (χ0v) is 12.0. The smallest absolute Gasteiger partial charge is 0.336 e. The van der Waals surface area contributed by atoms with Gasteiger partial charge in [-0.2, -0.15) is 0 Å². The SMILES string of the molecule is CN(Cc1ccccc1Cl)Cc1ccccc1C(=O)O. The van der Waals surface area contributed by atoms with Gasteiger partial charge in [-0.3, -0.25) is 4.90 Å². The summed E-state index contributed by atoms with van der Waals surface area (Å²) in [6.45, 7) is 1.24. The molecule has 0 saturated carbocycles. The lowest BCUT2D eigenvalue weighted by molar-refractivity contribution is 0.0694. The van der Waals surface area contributed by atoms with E-state index in [0.29, 0.717) is 18.7 Å². The molecule has 4 heteroatoms. The van der Waals surface area contributed by atoms with Crippen LogP contribution in [0.15, 0.2) is 48.5 Å². The molecule has 2 rings (SSSR count). The third kappa shape index (κ3) is 3.59. The second-order valence-electron chi connectivity index (χ2n) is 4.73.